The second kappa shape index (κ2) is 4.89. The molecule has 14 heavy (non-hydrogen) atoms. The van der Waals surface area contributed by atoms with Gasteiger partial charge in [0, 0.05) is 18.8 Å². The summed E-state index contributed by atoms with van der Waals surface area (Å²) in [5.41, 5.74) is 2.51. The zero-order valence-corrected chi connectivity index (χ0v) is 9.08. The molecule has 0 unspecified atom stereocenters. The van der Waals surface area contributed by atoms with Gasteiger partial charge in [0.05, 0.1) is 0 Å². The Balaban J connectivity index is 2.79. The average Bonchev–Trinajstić information content (AvgIpc) is 2.15. The normalized spacial score (nSPS) is 10.6. The maximum atomic E-state index is 10.9. The van der Waals surface area contributed by atoms with Crippen molar-refractivity contribution < 1.29 is 4.79 Å². The van der Waals surface area contributed by atoms with Crippen LogP contribution in [0.4, 0.5) is 0 Å². The number of hydrogen-bond acceptors (Lipinski definition) is 2. The summed E-state index contributed by atoms with van der Waals surface area (Å²) in [6.45, 7) is 5.95. The van der Waals surface area contributed by atoms with Crippen molar-refractivity contribution in [3.8, 4) is 0 Å². The minimum absolute atomic E-state index is 0.239. The molecule has 1 aromatic rings. The first-order valence-electron chi connectivity index (χ1n) is 5.03. The second-order valence-corrected chi connectivity index (χ2v) is 3.93. The highest BCUT2D eigenvalue weighted by molar-refractivity contribution is 5.75. The lowest BCUT2D eigenvalue weighted by molar-refractivity contribution is -0.116. The number of pyridine rings is 1. The summed E-state index contributed by atoms with van der Waals surface area (Å²) in [5, 5.41) is 0. The molecule has 0 fully saturated rings. The molecule has 0 radical (unpaired) electrons. The number of aromatic nitrogens is 1. The Morgan fingerprint density at radius 1 is 1.50 bits per heavy atom. The smallest absolute Gasteiger partial charge is 0.130 e. The van der Waals surface area contributed by atoms with Crippen molar-refractivity contribution in [3.63, 3.8) is 0 Å². The van der Waals surface area contributed by atoms with Gasteiger partial charge in [-0.1, -0.05) is 13.8 Å². The largest absolute Gasteiger partial charge is 0.300 e. The van der Waals surface area contributed by atoms with E-state index in [0.29, 0.717) is 12.3 Å². The van der Waals surface area contributed by atoms with E-state index in [9.17, 15) is 4.79 Å². The lowest BCUT2D eigenvalue weighted by Gasteiger charge is -2.10. The topological polar surface area (TPSA) is 30.0 Å². The molecule has 0 atom stereocenters. The number of aryl methyl sites for hydroxylation is 1. The monoisotopic (exact) mass is 191 g/mol. The van der Waals surface area contributed by atoms with Gasteiger partial charge in [0.1, 0.15) is 5.78 Å². The van der Waals surface area contributed by atoms with Crippen LogP contribution in [0.1, 0.15) is 44.2 Å². The Morgan fingerprint density at radius 3 is 2.79 bits per heavy atom. The SMILES string of the molecule is CC(=O)CCc1cnccc1C(C)C. The van der Waals surface area contributed by atoms with Gasteiger partial charge in [-0.15, -0.1) is 0 Å². The van der Waals surface area contributed by atoms with Crippen LogP contribution in [0, 0.1) is 0 Å². The third-order valence-corrected chi connectivity index (χ3v) is 2.31. The molecule has 1 aromatic heterocycles. The highest BCUT2D eigenvalue weighted by Crippen LogP contribution is 2.19. The first-order chi connectivity index (χ1) is 6.61. The van der Waals surface area contributed by atoms with Crippen LogP contribution in [0.25, 0.3) is 0 Å². The Labute approximate surface area is 85.4 Å². The number of carbonyl (C=O) groups excluding carboxylic acids is 1. The summed E-state index contributed by atoms with van der Waals surface area (Å²) >= 11 is 0. The van der Waals surface area contributed by atoms with Crippen LogP contribution in [0.2, 0.25) is 0 Å². The molecule has 0 saturated carbocycles. The summed E-state index contributed by atoms with van der Waals surface area (Å²) in [6.07, 6.45) is 5.12. The molecular weight excluding hydrogens is 174 g/mol. The fourth-order valence-corrected chi connectivity index (χ4v) is 1.52. The number of hydrogen-bond donors (Lipinski definition) is 0. The summed E-state index contributed by atoms with van der Waals surface area (Å²) in [5.74, 6) is 0.739. The highest BCUT2D eigenvalue weighted by Gasteiger charge is 2.06. The molecule has 2 heteroatoms. The second-order valence-electron chi connectivity index (χ2n) is 3.93. The molecule has 0 aliphatic rings. The van der Waals surface area contributed by atoms with E-state index in [0.717, 1.165) is 6.42 Å². The number of Topliss-reactive ketones (excluding diaryl/α,β-unsaturated/α-hetero) is 1. The van der Waals surface area contributed by atoms with Crippen LogP contribution < -0.4 is 0 Å². The highest BCUT2D eigenvalue weighted by atomic mass is 16.1. The molecular formula is C12H17NO. The van der Waals surface area contributed by atoms with Crippen LogP contribution in [0.3, 0.4) is 0 Å². The van der Waals surface area contributed by atoms with Crippen molar-refractivity contribution in [2.24, 2.45) is 0 Å². The number of nitrogens with zero attached hydrogens (tertiary/aromatic N) is 1. The first-order valence-corrected chi connectivity index (χ1v) is 5.03. The van der Waals surface area contributed by atoms with Gasteiger partial charge >= 0.3 is 0 Å². The first kappa shape index (κ1) is 10.9. The zero-order chi connectivity index (χ0) is 10.6. The fraction of sp³-hybridized carbons (Fsp3) is 0.500. The van der Waals surface area contributed by atoms with Crippen LogP contribution in [0.15, 0.2) is 18.5 Å². The van der Waals surface area contributed by atoms with Crippen molar-refractivity contribution in [2.45, 2.75) is 39.5 Å². The molecule has 0 aliphatic carbocycles. The predicted molar refractivity (Wildman–Crippen MR) is 57.3 cm³/mol. The molecule has 0 saturated heterocycles. The quantitative estimate of drug-likeness (QED) is 0.732. The molecule has 0 amide bonds. The summed E-state index contributed by atoms with van der Waals surface area (Å²) in [4.78, 5) is 15.0. The Bertz CT molecular complexity index is 318. The van der Waals surface area contributed by atoms with Crippen LogP contribution in [0.5, 0.6) is 0 Å². The third kappa shape index (κ3) is 2.95. The number of carbonyl (C=O) groups is 1. The Kier molecular flexibility index (Phi) is 3.81. The lowest BCUT2D eigenvalue weighted by atomic mass is 9.96. The molecule has 0 aliphatic heterocycles. The summed E-state index contributed by atoms with van der Waals surface area (Å²) in [7, 11) is 0. The molecule has 1 heterocycles. The van der Waals surface area contributed by atoms with Gasteiger partial charge in [-0.25, -0.2) is 0 Å². The van der Waals surface area contributed by atoms with Gasteiger partial charge in [0.15, 0.2) is 0 Å². The van der Waals surface area contributed by atoms with Crippen molar-refractivity contribution in [1.29, 1.82) is 0 Å². The van der Waals surface area contributed by atoms with Gasteiger partial charge in [0.2, 0.25) is 0 Å². The van der Waals surface area contributed by atoms with E-state index in [1.54, 1.807) is 6.92 Å². The lowest BCUT2D eigenvalue weighted by Crippen LogP contribution is -2.00. The van der Waals surface area contributed by atoms with Crippen LogP contribution in [-0.2, 0) is 11.2 Å². The summed E-state index contributed by atoms with van der Waals surface area (Å²) < 4.78 is 0. The van der Waals surface area contributed by atoms with Gasteiger partial charge in [0.25, 0.3) is 0 Å². The van der Waals surface area contributed by atoms with Crippen molar-refractivity contribution in [2.75, 3.05) is 0 Å². The van der Waals surface area contributed by atoms with Crippen molar-refractivity contribution >= 4 is 5.78 Å². The van der Waals surface area contributed by atoms with Gasteiger partial charge in [-0.3, -0.25) is 4.98 Å². The maximum Gasteiger partial charge on any atom is 0.130 e. The minimum atomic E-state index is 0.239. The number of ketones is 1. The molecule has 0 N–H and O–H groups in total. The van der Waals surface area contributed by atoms with Crippen molar-refractivity contribution in [1.82, 2.24) is 4.98 Å². The molecule has 2 nitrogen and oxygen atoms in total. The van der Waals surface area contributed by atoms with E-state index in [1.165, 1.54) is 11.1 Å². The molecule has 0 aromatic carbocycles. The van der Waals surface area contributed by atoms with Gasteiger partial charge in [-0.2, -0.15) is 0 Å². The average molecular weight is 191 g/mol. The van der Waals surface area contributed by atoms with Gasteiger partial charge < -0.3 is 4.79 Å². The predicted octanol–water partition coefficient (Wildman–Crippen LogP) is 2.73. The zero-order valence-electron chi connectivity index (χ0n) is 9.08. The maximum absolute atomic E-state index is 10.9. The van der Waals surface area contributed by atoms with Crippen LogP contribution in [-0.4, -0.2) is 10.8 Å². The Hall–Kier alpha value is -1.18. The van der Waals surface area contributed by atoms with Crippen LogP contribution >= 0.6 is 0 Å². The molecule has 0 spiro atoms. The van der Waals surface area contributed by atoms with Gasteiger partial charge in [-0.05, 0) is 36.5 Å². The van der Waals surface area contributed by atoms with E-state index < -0.39 is 0 Å². The fourth-order valence-electron chi connectivity index (χ4n) is 1.52. The van der Waals surface area contributed by atoms with Crippen molar-refractivity contribution in [3.05, 3.63) is 29.6 Å². The molecule has 0 bridgehead atoms. The molecule has 76 valence electrons. The van der Waals surface area contributed by atoms with E-state index >= 15 is 0 Å². The van der Waals surface area contributed by atoms with E-state index in [4.69, 9.17) is 0 Å². The molecule has 1 rings (SSSR count). The van der Waals surface area contributed by atoms with E-state index in [-0.39, 0.29) is 5.78 Å². The third-order valence-electron chi connectivity index (χ3n) is 2.31. The van der Waals surface area contributed by atoms with E-state index in [1.807, 2.05) is 18.5 Å². The summed E-state index contributed by atoms with van der Waals surface area (Å²) in [6, 6.07) is 2.04. The Morgan fingerprint density at radius 2 is 2.21 bits per heavy atom. The number of rotatable bonds is 4. The van der Waals surface area contributed by atoms with E-state index in [2.05, 4.69) is 18.8 Å². The standard InChI is InChI=1S/C12H17NO/c1-9(2)12-6-7-13-8-11(12)5-4-10(3)14/h6-9H,4-5H2,1-3H3. The minimum Gasteiger partial charge on any atom is -0.300 e.